The van der Waals surface area contributed by atoms with Crippen molar-refractivity contribution in [2.24, 2.45) is 5.92 Å². The van der Waals surface area contributed by atoms with Gasteiger partial charge in [0.1, 0.15) is 0 Å². The van der Waals surface area contributed by atoms with E-state index in [-0.39, 0.29) is 12.3 Å². The number of unbranched alkanes of at least 4 members (excludes halogenated alkanes) is 1. The minimum absolute atomic E-state index is 0.156. The number of nitrogens with zero attached hydrogens (tertiary/aromatic N) is 1. The van der Waals surface area contributed by atoms with Gasteiger partial charge < -0.3 is 14.7 Å². The summed E-state index contributed by atoms with van der Waals surface area (Å²) in [7, 11) is 0. The predicted molar refractivity (Wildman–Crippen MR) is 88.2 cm³/mol. The lowest BCUT2D eigenvalue weighted by molar-refractivity contribution is -0.138. The molecule has 132 valence electrons. The molecule has 2 rings (SSSR count). The highest BCUT2D eigenvalue weighted by molar-refractivity contribution is 5.76. The van der Waals surface area contributed by atoms with E-state index >= 15 is 0 Å². The second-order valence-corrected chi connectivity index (χ2v) is 7.20. The Balaban J connectivity index is 1.59. The maximum atomic E-state index is 12.1. The van der Waals surface area contributed by atoms with Crippen molar-refractivity contribution in [3.63, 3.8) is 0 Å². The molecule has 1 amide bonds. The first-order valence-corrected chi connectivity index (χ1v) is 9.19. The molecule has 0 unspecified atom stereocenters. The van der Waals surface area contributed by atoms with Gasteiger partial charge in [0.25, 0.3) is 0 Å². The Kier molecular flexibility index (Phi) is 7.34. The zero-order valence-corrected chi connectivity index (χ0v) is 14.3. The van der Waals surface area contributed by atoms with Gasteiger partial charge in [0, 0.05) is 25.9 Å². The van der Waals surface area contributed by atoms with Gasteiger partial charge in [0.05, 0.1) is 12.2 Å². The number of carboxylic acids is 1. The Morgan fingerprint density at radius 3 is 2.13 bits per heavy atom. The van der Waals surface area contributed by atoms with Crippen LogP contribution >= 0.6 is 0 Å². The molecular formula is C18H31NO4. The van der Waals surface area contributed by atoms with Gasteiger partial charge in [-0.1, -0.05) is 6.92 Å². The van der Waals surface area contributed by atoms with Crippen LogP contribution in [0.3, 0.4) is 0 Å². The van der Waals surface area contributed by atoms with Gasteiger partial charge in [0.2, 0.25) is 5.91 Å². The zero-order chi connectivity index (χ0) is 16.7. The van der Waals surface area contributed by atoms with E-state index in [4.69, 9.17) is 9.84 Å². The summed E-state index contributed by atoms with van der Waals surface area (Å²) in [6, 6.07) is 0. The van der Waals surface area contributed by atoms with Crippen LogP contribution in [0.25, 0.3) is 0 Å². The normalized spacial score (nSPS) is 26.2. The van der Waals surface area contributed by atoms with Gasteiger partial charge in [-0.3, -0.25) is 9.59 Å². The molecule has 0 spiro atoms. The number of piperidine rings is 1. The Morgan fingerprint density at radius 1 is 0.957 bits per heavy atom. The van der Waals surface area contributed by atoms with Crippen molar-refractivity contribution in [2.75, 3.05) is 13.1 Å². The van der Waals surface area contributed by atoms with Gasteiger partial charge in [0.15, 0.2) is 0 Å². The van der Waals surface area contributed by atoms with E-state index in [1.807, 2.05) is 4.90 Å². The minimum Gasteiger partial charge on any atom is -0.481 e. The van der Waals surface area contributed by atoms with E-state index in [9.17, 15) is 9.59 Å². The van der Waals surface area contributed by atoms with Crippen molar-refractivity contribution in [1.82, 2.24) is 4.90 Å². The summed E-state index contributed by atoms with van der Waals surface area (Å²) in [6.07, 6.45) is 9.41. The third-order valence-electron chi connectivity index (χ3n) is 5.17. The molecule has 1 saturated carbocycles. The fourth-order valence-corrected chi connectivity index (χ4v) is 3.59. The lowest BCUT2D eigenvalue weighted by atomic mass is 9.88. The summed E-state index contributed by atoms with van der Waals surface area (Å²) in [5.74, 6) is 0.225. The first-order chi connectivity index (χ1) is 11.0. The van der Waals surface area contributed by atoms with Crippen molar-refractivity contribution >= 4 is 11.9 Å². The summed E-state index contributed by atoms with van der Waals surface area (Å²) in [4.78, 5) is 24.5. The molecule has 0 bridgehead atoms. The number of carbonyl (C=O) groups excluding carboxylic acids is 1. The van der Waals surface area contributed by atoms with E-state index in [1.54, 1.807) is 0 Å². The topological polar surface area (TPSA) is 66.8 Å². The highest BCUT2D eigenvalue weighted by Crippen LogP contribution is 2.28. The third kappa shape index (κ3) is 6.50. The van der Waals surface area contributed by atoms with Crippen LogP contribution in [0.2, 0.25) is 0 Å². The molecule has 0 radical (unpaired) electrons. The molecule has 23 heavy (non-hydrogen) atoms. The third-order valence-corrected chi connectivity index (χ3v) is 5.17. The average molecular weight is 325 g/mol. The number of ether oxygens (including phenoxy) is 1. The number of aliphatic carboxylic acids is 1. The van der Waals surface area contributed by atoms with Gasteiger partial charge in [-0.2, -0.15) is 0 Å². The van der Waals surface area contributed by atoms with Gasteiger partial charge >= 0.3 is 5.97 Å². The monoisotopic (exact) mass is 325 g/mol. The number of hydrogen-bond acceptors (Lipinski definition) is 3. The molecule has 5 nitrogen and oxygen atoms in total. The number of amides is 1. The molecule has 0 aromatic rings. The molecule has 1 heterocycles. The van der Waals surface area contributed by atoms with Crippen LogP contribution in [-0.2, 0) is 14.3 Å². The molecule has 2 fully saturated rings. The van der Waals surface area contributed by atoms with Crippen molar-refractivity contribution in [3.8, 4) is 0 Å². The fourth-order valence-electron chi connectivity index (χ4n) is 3.59. The molecule has 0 aromatic carbocycles. The van der Waals surface area contributed by atoms with E-state index in [1.165, 1.54) is 25.7 Å². The van der Waals surface area contributed by atoms with E-state index < -0.39 is 5.97 Å². The molecule has 5 heteroatoms. The second-order valence-electron chi connectivity index (χ2n) is 7.20. The molecule has 0 aromatic heterocycles. The van der Waals surface area contributed by atoms with E-state index in [0.717, 1.165) is 31.8 Å². The molecule has 1 N–H and O–H groups in total. The Hall–Kier alpha value is -1.10. The van der Waals surface area contributed by atoms with Crippen LogP contribution in [-0.4, -0.2) is 47.2 Å². The van der Waals surface area contributed by atoms with E-state index in [2.05, 4.69) is 6.92 Å². The van der Waals surface area contributed by atoms with Gasteiger partial charge in [-0.05, 0) is 57.3 Å². The standard InChI is InChI=1S/C18H31NO4/c1-14-6-8-15(9-7-14)23-16-10-12-19(13-11-16)17(20)4-2-3-5-18(21)22/h14-16H,2-13H2,1H3,(H,21,22). The maximum absolute atomic E-state index is 12.1. The lowest BCUT2D eigenvalue weighted by Crippen LogP contribution is -2.42. The Bertz CT molecular complexity index is 382. The summed E-state index contributed by atoms with van der Waals surface area (Å²) in [6.45, 7) is 3.88. The smallest absolute Gasteiger partial charge is 0.303 e. The summed E-state index contributed by atoms with van der Waals surface area (Å²) in [5.41, 5.74) is 0. The SMILES string of the molecule is CC1CCC(OC2CCN(C(=O)CCCCC(=O)O)CC2)CC1. The zero-order valence-electron chi connectivity index (χ0n) is 14.3. The quantitative estimate of drug-likeness (QED) is 0.730. The summed E-state index contributed by atoms with van der Waals surface area (Å²) < 4.78 is 6.23. The largest absolute Gasteiger partial charge is 0.481 e. The highest BCUT2D eigenvalue weighted by Gasteiger charge is 2.26. The molecular weight excluding hydrogens is 294 g/mol. The van der Waals surface area contributed by atoms with Crippen LogP contribution in [0.1, 0.15) is 71.1 Å². The van der Waals surface area contributed by atoms with Gasteiger partial charge in [-0.25, -0.2) is 0 Å². The first-order valence-electron chi connectivity index (χ1n) is 9.19. The van der Waals surface area contributed by atoms with Crippen molar-refractivity contribution in [1.29, 1.82) is 0 Å². The van der Waals surface area contributed by atoms with Gasteiger partial charge in [-0.15, -0.1) is 0 Å². The average Bonchev–Trinajstić information content (AvgIpc) is 2.54. The highest BCUT2D eigenvalue weighted by atomic mass is 16.5. The first kappa shape index (κ1) is 18.2. The lowest BCUT2D eigenvalue weighted by Gasteiger charge is -2.35. The number of rotatable bonds is 7. The molecule has 1 saturated heterocycles. The van der Waals surface area contributed by atoms with Crippen LogP contribution in [0.4, 0.5) is 0 Å². The number of likely N-dealkylation sites (tertiary alicyclic amines) is 1. The number of hydrogen-bond donors (Lipinski definition) is 1. The Labute approximate surface area is 139 Å². The van der Waals surface area contributed by atoms with Crippen molar-refractivity contribution < 1.29 is 19.4 Å². The van der Waals surface area contributed by atoms with Crippen molar-refractivity contribution in [3.05, 3.63) is 0 Å². The summed E-state index contributed by atoms with van der Waals surface area (Å²) in [5, 5.41) is 8.60. The number of carboxylic acid groups (broad SMARTS) is 1. The number of carbonyl (C=O) groups is 2. The summed E-state index contributed by atoms with van der Waals surface area (Å²) >= 11 is 0. The molecule has 0 atom stereocenters. The van der Waals surface area contributed by atoms with Crippen LogP contribution in [0, 0.1) is 5.92 Å². The molecule has 1 aliphatic heterocycles. The van der Waals surface area contributed by atoms with Crippen LogP contribution < -0.4 is 0 Å². The molecule has 2 aliphatic rings. The van der Waals surface area contributed by atoms with Crippen molar-refractivity contribution in [2.45, 2.75) is 83.3 Å². The molecule has 1 aliphatic carbocycles. The fraction of sp³-hybridized carbons (Fsp3) is 0.889. The van der Waals surface area contributed by atoms with Crippen LogP contribution in [0.15, 0.2) is 0 Å². The maximum Gasteiger partial charge on any atom is 0.303 e. The minimum atomic E-state index is -0.785. The predicted octanol–water partition coefficient (Wildman–Crippen LogP) is 3.22. The Morgan fingerprint density at radius 2 is 1.52 bits per heavy atom. The van der Waals surface area contributed by atoms with Crippen LogP contribution in [0.5, 0.6) is 0 Å². The van der Waals surface area contributed by atoms with E-state index in [0.29, 0.717) is 31.5 Å². The second kappa shape index (κ2) is 9.26.